The van der Waals surface area contributed by atoms with E-state index in [9.17, 15) is 14.4 Å². The van der Waals surface area contributed by atoms with Crippen LogP contribution < -0.4 is 0 Å². The highest BCUT2D eigenvalue weighted by Gasteiger charge is 2.19. The van der Waals surface area contributed by atoms with Gasteiger partial charge in [0.2, 0.25) is 0 Å². The summed E-state index contributed by atoms with van der Waals surface area (Å²) < 4.78 is 16.8. The molecule has 0 spiro atoms. The van der Waals surface area contributed by atoms with Crippen molar-refractivity contribution in [2.45, 2.75) is 271 Å². The molecule has 0 aliphatic carbocycles. The number of carbonyl (C=O) groups excluding carboxylic acids is 3. The Morgan fingerprint density at radius 1 is 0.259 bits per heavy atom. The van der Waals surface area contributed by atoms with Crippen LogP contribution in [-0.2, 0) is 28.6 Å². The molecule has 6 heteroatoms. The maximum Gasteiger partial charge on any atom is 0.306 e. The molecule has 454 valence electrons. The Balaban J connectivity index is 4.35. The molecule has 0 fully saturated rings. The number of esters is 3. The van der Waals surface area contributed by atoms with Crippen LogP contribution in [0.2, 0.25) is 0 Å². The van der Waals surface area contributed by atoms with Crippen LogP contribution in [0, 0.1) is 0 Å². The lowest BCUT2D eigenvalue weighted by molar-refractivity contribution is -0.167. The van der Waals surface area contributed by atoms with Crippen LogP contribution in [0.5, 0.6) is 0 Å². The summed E-state index contributed by atoms with van der Waals surface area (Å²) in [4.78, 5) is 38.2. The highest BCUT2D eigenvalue weighted by molar-refractivity contribution is 5.71. The highest BCUT2D eigenvalue weighted by atomic mass is 16.6. The van der Waals surface area contributed by atoms with Gasteiger partial charge in [-0.2, -0.15) is 0 Å². The molecule has 0 heterocycles. The van der Waals surface area contributed by atoms with Gasteiger partial charge in [-0.1, -0.05) is 281 Å². The fourth-order valence-corrected chi connectivity index (χ4v) is 8.40. The van der Waals surface area contributed by atoms with Crippen molar-refractivity contribution in [1.29, 1.82) is 0 Å². The van der Waals surface area contributed by atoms with Gasteiger partial charge in [0.1, 0.15) is 13.2 Å². The molecule has 0 rings (SSSR count). The molecule has 81 heavy (non-hydrogen) atoms. The summed E-state index contributed by atoms with van der Waals surface area (Å²) in [6.07, 6.45) is 99.4. The number of ether oxygens (including phenoxy) is 3. The minimum atomic E-state index is -0.806. The van der Waals surface area contributed by atoms with Crippen molar-refractivity contribution in [2.75, 3.05) is 13.2 Å². The average molecular weight is 1120 g/mol. The van der Waals surface area contributed by atoms with E-state index >= 15 is 0 Å². The van der Waals surface area contributed by atoms with Crippen molar-refractivity contribution in [2.24, 2.45) is 0 Å². The Bertz CT molecular complexity index is 1860. The largest absolute Gasteiger partial charge is 0.462 e. The van der Waals surface area contributed by atoms with Crippen LogP contribution in [0.4, 0.5) is 0 Å². The summed E-state index contributed by atoms with van der Waals surface area (Å²) >= 11 is 0. The molecule has 0 radical (unpaired) electrons. The molecule has 0 aliphatic rings. The Labute approximate surface area is 498 Å². The van der Waals surface area contributed by atoms with Gasteiger partial charge in [-0.3, -0.25) is 14.4 Å². The summed E-state index contributed by atoms with van der Waals surface area (Å²) in [5.41, 5.74) is 0. The first kappa shape index (κ1) is 75.8. The Morgan fingerprint density at radius 3 is 0.765 bits per heavy atom. The minimum absolute atomic E-state index is 0.0990. The second-order valence-corrected chi connectivity index (χ2v) is 20.9. The molecular weight excluding hydrogens is 997 g/mol. The van der Waals surface area contributed by atoms with Gasteiger partial charge in [0.15, 0.2) is 6.10 Å². The lowest BCUT2D eigenvalue weighted by Gasteiger charge is -2.18. The number of carbonyl (C=O) groups is 3. The van der Waals surface area contributed by atoms with Crippen molar-refractivity contribution >= 4 is 17.9 Å². The van der Waals surface area contributed by atoms with Crippen molar-refractivity contribution in [3.8, 4) is 0 Å². The van der Waals surface area contributed by atoms with Crippen molar-refractivity contribution < 1.29 is 28.6 Å². The van der Waals surface area contributed by atoms with E-state index in [-0.39, 0.29) is 31.1 Å². The van der Waals surface area contributed by atoms with Gasteiger partial charge >= 0.3 is 17.9 Å². The molecule has 0 bridgehead atoms. The summed E-state index contributed by atoms with van der Waals surface area (Å²) in [7, 11) is 0. The molecular formula is C75H118O6. The molecule has 0 aromatic heterocycles. The smallest absolute Gasteiger partial charge is 0.306 e. The molecule has 0 N–H and O–H groups in total. The number of unbranched alkanes of at least 4 members (excludes halogenated alkanes) is 18. The molecule has 0 aromatic carbocycles. The number of rotatable bonds is 57. The van der Waals surface area contributed by atoms with Crippen LogP contribution in [0.25, 0.3) is 0 Å². The van der Waals surface area contributed by atoms with Gasteiger partial charge in [-0.15, -0.1) is 0 Å². The maximum atomic E-state index is 12.9. The minimum Gasteiger partial charge on any atom is -0.462 e. The van der Waals surface area contributed by atoms with Crippen LogP contribution in [0.15, 0.2) is 170 Å². The summed E-state index contributed by atoms with van der Waals surface area (Å²) in [6.45, 7) is 6.35. The van der Waals surface area contributed by atoms with E-state index in [1.165, 1.54) is 57.8 Å². The predicted octanol–water partition coefficient (Wildman–Crippen LogP) is 22.7. The van der Waals surface area contributed by atoms with Gasteiger partial charge in [0, 0.05) is 19.3 Å². The monoisotopic (exact) mass is 1110 g/mol. The van der Waals surface area contributed by atoms with E-state index < -0.39 is 6.10 Å². The zero-order valence-electron chi connectivity index (χ0n) is 52.0. The van der Waals surface area contributed by atoms with Crippen molar-refractivity contribution in [3.05, 3.63) is 170 Å². The van der Waals surface area contributed by atoms with Crippen LogP contribution in [-0.4, -0.2) is 37.2 Å². The van der Waals surface area contributed by atoms with Crippen LogP contribution in [0.3, 0.4) is 0 Å². The van der Waals surface area contributed by atoms with Gasteiger partial charge in [-0.25, -0.2) is 0 Å². The second-order valence-electron chi connectivity index (χ2n) is 20.9. The third-order valence-electron chi connectivity index (χ3n) is 13.2. The van der Waals surface area contributed by atoms with E-state index in [0.717, 1.165) is 167 Å². The van der Waals surface area contributed by atoms with E-state index in [4.69, 9.17) is 14.2 Å². The summed E-state index contributed by atoms with van der Waals surface area (Å²) in [5, 5.41) is 0. The Hall–Kier alpha value is -5.23. The third kappa shape index (κ3) is 65.5. The van der Waals surface area contributed by atoms with Gasteiger partial charge in [0.25, 0.3) is 0 Å². The lowest BCUT2D eigenvalue weighted by Crippen LogP contribution is -2.30. The molecule has 0 aliphatic heterocycles. The number of hydrogen-bond acceptors (Lipinski definition) is 6. The van der Waals surface area contributed by atoms with Crippen LogP contribution in [0.1, 0.15) is 265 Å². The quantitative estimate of drug-likeness (QED) is 0.0261. The maximum absolute atomic E-state index is 12.9. The Kier molecular flexibility index (Phi) is 62.9. The molecule has 1 atom stereocenters. The van der Waals surface area contributed by atoms with E-state index in [0.29, 0.717) is 19.3 Å². The molecule has 1 unspecified atom stereocenters. The fraction of sp³-hybridized carbons (Fsp3) is 0.587. The topological polar surface area (TPSA) is 78.9 Å². The van der Waals surface area contributed by atoms with Gasteiger partial charge < -0.3 is 14.2 Å². The average Bonchev–Trinajstić information content (AvgIpc) is 3.47. The van der Waals surface area contributed by atoms with Gasteiger partial charge in [-0.05, 0) is 135 Å². The number of allylic oxidation sites excluding steroid dienone is 28. The SMILES string of the molecule is CC/C=C\C/C=C\C/C=C\C/C=C\C/C=C\C/C=C\C/C=C\C/C=C\C/C=C\CCCCCC(=O)OCC(COC(=O)CCCCCCCCCCC)OC(=O)CCCCCCCCC/C=C\C/C=C\C/C=C\C/C=C\C/C=C\CC. The first-order valence-corrected chi connectivity index (χ1v) is 32.6. The van der Waals surface area contributed by atoms with Gasteiger partial charge in [0.05, 0.1) is 0 Å². The summed E-state index contributed by atoms with van der Waals surface area (Å²) in [5.74, 6) is -0.952. The standard InChI is InChI=1S/C75H118O6/c1-4-7-10-13-16-19-21-23-25-27-29-31-33-34-35-36-37-38-39-40-42-43-45-47-49-51-53-56-59-62-65-68-74(77)80-71-72(70-79-73(76)67-64-61-58-55-18-15-12-9-6-3)81-75(78)69-66-63-60-57-54-52-50-48-46-44-41-32-30-28-26-24-22-20-17-14-11-8-5-2/h7-8,10-11,16-17,19-20,23-26,29-32,34-35,37-38,40,42,44-47,51,53,72H,4-6,9,12-15,18,21-22,27-28,33,36,39,41,43,48-50,52,54-71H2,1-3H3/b10-7-,11-8-,19-16-,20-17-,25-23-,26-24-,31-29-,32-30-,35-34-,38-37-,42-40-,46-44-,47-45-,53-51-. The molecule has 0 saturated heterocycles. The molecule has 0 amide bonds. The lowest BCUT2D eigenvalue weighted by atomic mass is 10.1. The van der Waals surface area contributed by atoms with E-state index in [2.05, 4.69) is 191 Å². The fourth-order valence-electron chi connectivity index (χ4n) is 8.40. The summed E-state index contributed by atoms with van der Waals surface area (Å²) in [6, 6.07) is 0. The number of hydrogen-bond donors (Lipinski definition) is 0. The molecule has 0 saturated carbocycles. The Morgan fingerprint density at radius 2 is 0.481 bits per heavy atom. The third-order valence-corrected chi connectivity index (χ3v) is 13.2. The second kappa shape index (κ2) is 67.3. The molecule has 6 nitrogen and oxygen atoms in total. The highest BCUT2D eigenvalue weighted by Crippen LogP contribution is 2.14. The normalized spacial score (nSPS) is 13.3. The first-order valence-electron chi connectivity index (χ1n) is 32.6. The van der Waals surface area contributed by atoms with Crippen molar-refractivity contribution in [3.63, 3.8) is 0 Å². The van der Waals surface area contributed by atoms with Crippen LogP contribution >= 0.6 is 0 Å². The van der Waals surface area contributed by atoms with E-state index in [1.807, 2.05) is 0 Å². The first-order chi connectivity index (χ1) is 40.0. The molecule has 0 aromatic rings. The predicted molar refractivity (Wildman–Crippen MR) is 352 cm³/mol. The zero-order valence-corrected chi connectivity index (χ0v) is 52.0. The zero-order chi connectivity index (χ0) is 58.5. The van der Waals surface area contributed by atoms with Crippen molar-refractivity contribution in [1.82, 2.24) is 0 Å². The van der Waals surface area contributed by atoms with E-state index in [1.54, 1.807) is 0 Å².